The third-order valence-corrected chi connectivity index (χ3v) is 11.7. The molecule has 2 heterocycles. The number of nitrogens with one attached hydrogen (secondary N) is 4. The first-order valence-electron chi connectivity index (χ1n) is 14.9. The lowest BCUT2D eigenvalue weighted by atomic mass is 10.0. The fourth-order valence-corrected chi connectivity index (χ4v) is 9.51. The van der Waals surface area contributed by atoms with E-state index in [9.17, 15) is 19.2 Å². The Kier molecular flexibility index (Phi) is 11.5. The van der Waals surface area contributed by atoms with Crippen LogP contribution < -0.4 is 37.3 Å². The molecule has 2 fully saturated rings. The number of hydrogen-bond donors (Lipinski definition) is 4. The molecule has 0 aromatic heterocycles. The first-order valence-corrected chi connectivity index (χ1v) is 17.3. The largest absolute Gasteiger partial charge is 0.465 e. The highest BCUT2D eigenvalue weighted by Gasteiger charge is 2.42. The van der Waals surface area contributed by atoms with Gasteiger partial charge in [0.25, 0.3) is 5.91 Å². The summed E-state index contributed by atoms with van der Waals surface area (Å²) in [6.07, 6.45) is 3.03. The van der Waals surface area contributed by atoms with Gasteiger partial charge in [0.2, 0.25) is 5.91 Å². The summed E-state index contributed by atoms with van der Waals surface area (Å²) < 4.78 is 5.08. The highest BCUT2D eigenvalue weighted by Crippen LogP contribution is 2.35. The van der Waals surface area contributed by atoms with E-state index in [2.05, 4.69) is 21.4 Å². The van der Waals surface area contributed by atoms with E-state index in [0.29, 0.717) is 28.1 Å². The van der Waals surface area contributed by atoms with Crippen molar-refractivity contribution in [1.29, 1.82) is 0 Å². The number of carbonyl (C=O) groups excluding carboxylic acids is 4. The quantitative estimate of drug-likeness (QED) is 0.0695. The Morgan fingerprint density at radius 2 is 1.67 bits per heavy atom. The molecule has 4 amide bonds. The van der Waals surface area contributed by atoms with Gasteiger partial charge in [-0.3, -0.25) is 14.4 Å². The maximum Gasteiger partial charge on any atom is 0.338 e. The van der Waals surface area contributed by atoms with Crippen molar-refractivity contribution < 1.29 is 28.8 Å². The van der Waals surface area contributed by atoms with Crippen molar-refractivity contribution in [3.63, 3.8) is 0 Å². The Balaban J connectivity index is 1.11. The van der Waals surface area contributed by atoms with Crippen molar-refractivity contribution >= 4 is 59.4 Å². The number of rotatable bonds is 14. The molecule has 2 saturated heterocycles. The van der Waals surface area contributed by atoms with Crippen LogP contribution in [0.25, 0.3) is 0 Å². The van der Waals surface area contributed by atoms with E-state index < -0.39 is 19.8 Å². The Morgan fingerprint density at radius 3 is 2.36 bits per heavy atom. The predicted octanol–water partition coefficient (Wildman–Crippen LogP) is 2.73. The van der Waals surface area contributed by atoms with Crippen LogP contribution in [0.15, 0.2) is 78.9 Å². The average Bonchev–Trinajstić information content (AvgIpc) is 3.62. The van der Waals surface area contributed by atoms with Gasteiger partial charge in [0.1, 0.15) is 0 Å². The minimum absolute atomic E-state index is 0.0732. The number of hydroxylamine groups is 1. The third kappa shape index (κ3) is 8.42. The van der Waals surface area contributed by atoms with Crippen molar-refractivity contribution in [3.8, 4) is 0 Å². The molecule has 5 rings (SSSR count). The highest BCUT2D eigenvalue weighted by molar-refractivity contribution is 8.00. The van der Waals surface area contributed by atoms with Crippen LogP contribution in [-0.4, -0.2) is 67.2 Å². The molecule has 0 radical (unpaired) electrons. The SMILES string of the molecule is COC(=O)c1ccc(C(=O)NOCCNC(=O)CCCC[C@H]2SCC3NC(=O)NC32)cc1P(c1ccccc1)c1ccccc1. The zero-order chi connectivity index (χ0) is 31.6. The van der Waals surface area contributed by atoms with Crippen molar-refractivity contribution in [1.82, 2.24) is 21.4 Å². The molecule has 2 aliphatic rings. The first-order chi connectivity index (χ1) is 21.9. The smallest absolute Gasteiger partial charge is 0.338 e. The number of amides is 4. The zero-order valence-corrected chi connectivity index (χ0v) is 26.7. The molecule has 236 valence electrons. The van der Waals surface area contributed by atoms with Crippen LogP contribution in [0.3, 0.4) is 0 Å². The molecule has 45 heavy (non-hydrogen) atoms. The number of unbranched alkanes of at least 4 members (excludes halogenated alkanes) is 1. The van der Waals surface area contributed by atoms with Crippen LogP contribution in [0.1, 0.15) is 46.4 Å². The molecular weight excluding hydrogens is 611 g/mol. The third-order valence-electron chi connectivity index (χ3n) is 7.71. The van der Waals surface area contributed by atoms with E-state index in [-0.39, 0.29) is 37.2 Å². The normalized spacial score (nSPS) is 18.5. The number of fused-ring (bicyclic) bond motifs is 1. The lowest BCUT2D eigenvalue weighted by Gasteiger charge is -2.22. The van der Waals surface area contributed by atoms with E-state index in [1.165, 1.54) is 7.11 Å². The van der Waals surface area contributed by atoms with Gasteiger partial charge in [-0.05, 0) is 49.6 Å². The average molecular weight is 649 g/mol. The fourth-order valence-electron chi connectivity index (χ4n) is 5.50. The maximum atomic E-state index is 13.0. The minimum atomic E-state index is -1.18. The number of benzene rings is 3. The summed E-state index contributed by atoms with van der Waals surface area (Å²) in [4.78, 5) is 55.0. The second-order valence-corrected chi connectivity index (χ2v) is 14.2. The monoisotopic (exact) mass is 648 g/mol. The number of urea groups is 1. The fraction of sp³-hybridized carbons (Fsp3) is 0.333. The highest BCUT2D eigenvalue weighted by atomic mass is 32.2. The lowest BCUT2D eigenvalue weighted by molar-refractivity contribution is -0.121. The van der Waals surface area contributed by atoms with Crippen LogP contribution >= 0.6 is 19.7 Å². The molecule has 10 nitrogen and oxygen atoms in total. The molecule has 4 N–H and O–H groups in total. The van der Waals surface area contributed by atoms with E-state index >= 15 is 0 Å². The molecule has 0 bridgehead atoms. The van der Waals surface area contributed by atoms with Crippen molar-refractivity contribution in [2.24, 2.45) is 0 Å². The Bertz CT molecular complexity index is 1460. The summed E-state index contributed by atoms with van der Waals surface area (Å²) in [6.45, 7) is 0.346. The van der Waals surface area contributed by atoms with Crippen molar-refractivity contribution in [2.75, 3.05) is 26.0 Å². The van der Waals surface area contributed by atoms with E-state index in [4.69, 9.17) is 9.57 Å². The zero-order valence-electron chi connectivity index (χ0n) is 25.0. The predicted molar refractivity (Wildman–Crippen MR) is 177 cm³/mol. The minimum Gasteiger partial charge on any atom is -0.465 e. The molecule has 12 heteroatoms. The summed E-state index contributed by atoms with van der Waals surface area (Å²) in [6, 6.07) is 24.9. The summed E-state index contributed by atoms with van der Waals surface area (Å²) in [7, 11) is 0.164. The van der Waals surface area contributed by atoms with Crippen LogP contribution in [-0.2, 0) is 14.4 Å². The van der Waals surface area contributed by atoms with Gasteiger partial charge in [-0.2, -0.15) is 11.8 Å². The van der Waals surface area contributed by atoms with E-state index in [0.717, 1.165) is 35.6 Å². The van der Waals surface area contributed by atoms with E-state index in [1.54, 1.807) is 18.2 Å². The molecule has 0 aliphatic carbocycles. The number of thioether (sulfide) groups is 1. The molecular formula is C33H37N4O6PS. The molecule has 0 saturated carbocycles. The summed E-state index contributed by atoms with van der Waals surface area (Å²) in [5, 5.41) is 11.9. The van der Waals surface area contributed by atoms with Crippen LogP contribution in [0, 0.1) is 0 Å². The number of esters is 1. The summed E-state index contributed by atoms with van der Waals surface area (Å²) in [5.41, 5.74) is 3.18. The Morgan fingerprint density at radius 1 is 0.956 bits per heavy atom. The molecule has 2 aliphatic heterocycles. The maximum absolute atomic E-state index is 13.0. The topological polar surface area (TPSA) is 135 Å². The summed E-state index contributed by atoms with van der Waals surface area (Å²) in [5.74, 6) is -0.0889. The van der Waals surface area contributed by atoms with Gasteiger partial charge in [0.15, 0.2) is 0 Å². The van der Waals surface area contributed by atoms with Gasteiger partial charge in [-0.15, -0.1) is 0 Å². The van der Waals surface area contributed by atoms with Gasteiger partial charge in [0, 0.05) is 34.8 Å². The number of ether oxygens (including phenoxy) is 1. The number of methoxy groups -OCH3 is 1. The lowest BCUT2D eigenvalue weighted by Crippen LogP contribution is -2.36. The Hall–Kier alpha value is -3.92. The molecule has 3 atom stereocenters. The van der Waals surface area contributed by atoms with Crippen LogP contribution in [0.4, 0.5) is 4.79 Å². The van der Waals surface area contributed by atoms with Crippen molar-refractivity contribution in [3.05, 3.63) is 90.0 Å². The molecule has 0 spiro atoms. The first kappa shape index (κ1) is 32.5. The number of carbonyl (C=O) groups is 4. The van der Waals surface area contributed by atoms with Crippen molar-refractivity contribution in [2.45, 2.75) is 43.0 Å². The number of hydrogen-bond acceptors (Lipinski definition) is 7. The Labute approximate surface area is 268 Å². The van der Waals surface area contributed by atoms with Gasteiger partial charge in [-0.25, -0.2) is 15.1 Å². The second-order valence-electron chi connectivity index (χ2n) is 10.7. The second kappa shape index (κ2) is 15.9. The summed E-state index contributed by atoms with van der Waals surface area (Å²) >= 11 is 1.87. The van der Waals surface area contributed by atoms with Gasteiger partial charge >= 0.3 is 12.0 Å². The standard InChI is InChI=1S/C33H37N4O6PS/c1-42-32(40)25-17-16-22(20-27(25)44(23-10-4-2-5-11-23)24-12-6-3-7-13-24)31(39)37-43-19-18-34-29(38)15-9-8-14-28-30-26(21-45-28)35-33(41)36-30/h2-7,10-13,16-17,20,26,28,30H,8-9,14-15,18-19,21H2,1H3,(H,34,38)(H,37,39)(H2,35,36,41)/t26?,28-,30?/m1/s1. The van der Waals surface area contributed by atoms with Crippen LogP contribution in [0.2, 0.25) is 0 Å². The van der Waals surface area contributed by atoms with E-state index in [1.807, 2.05) is 72.4 Å². The van der Waals surface area contributed by atoms with Gasteiger partial charge < -0.3 is 20.7 Å². The molecule has 3 aromatic rings. The van der Waals surface area contributed by atoms with Crippen LogP contribution in [0.5, 0.6) is 0 Å². The molecule has 2 unspecified atom stereocenters. The van der Waals surface area contributed by atoms with Gasteiger partial charge in [-0.1, -0.05) is 67.1 Å². The molecule has 3 aromatic carbocycles. The van der Waals surface area contributed by atoms with Gasteiger partial charge in [0.05, 0.1) is 31.4 Å².